The summed E-state index contributed by atoms with van der Waals surface area (Å²) in [7, 11) is -0.0880. The number of hydrogen-bond acceptors (Lipinski definition) is 4. The summed E-state index contributed by atoms with van der Waals surface area (Å²) in [4.78, 5) is 0.294. The van der Waals surface area contributed by atoms with Gasteiger partial charge in [-0.3, -0.25) is 0 Å². The maximum absolute atomic E-state index is 12.1. The van der Waals surface area contributed by atoms with Crippen LogP contribution in [0.5, 0.6) is 0 Å². The second kappa shape index (κ2) is 7.04. The van der Waals surface area contributed by atoms with E-state index in [9.17, 15) is 8.42 Å². The Morgan fingerprint density at radius 3 is 2.68 bits per heavy atom. The Balaban J connectivity index is 2.89. The van der Waals surface area contributed by atoms with Gasteiger partial charge in [-0.2, -0.15) is 0 Å². The molecule has 1 rings (SSSR count). The van der Waals surface area contributed by atoms with Crippen LogP contribution in [0, 0.1) is 0 Å². The number of rotatable bonds is 8. The van der Waals surface area contributed by atoms with Gasteiger partial charge in [-0.05, 0) is 27.0 Å². The van der Waals surface area contributed by atoms with E-state index in [0.29, 0.717) is 11.4 Å². The zero-order chi connectivity index (χ0) is 14.5. The van der Waals surface area contributed by atoms with Crippen molar-refractivity contribution in [1.29, 1.82) is 0 Å². The van der Waals surface area contributed by atoms with Crippen molar-refractivity contribution in [2.75, 3.05) is 20.7 Å². The predicted molar refractivity (Wildman–Crippen MR) is 74.5 cm³/mol. The third-order valence-electron chi connectivity index (χ3n) is 2.93. The second-order valence-electron chi connectivity index (χ2n) is 4.38. The van der Waals surface area contributed by atoms with Crippen molar-refractivity contribution in [2.24, 2.45) is 0 Å². The van der Waals surface area contributed by atoms with Crippen molar-refractivity contribution in [3.8, 4) is 0 Å². The molecule has 1 aromatic rings. The molecule has 0 spiro atoms. The number of ether oxygens (including phenoxy) is 1. The van der Waals surface area contributed by atoms with Gasteiger partial charge in [-0.15, -0.1) is 0 Å². The standard InChI is InChI=1S/C12H23N3O3S/c1-5-15-9-12(6-11(15)8-13-3)19(16,17)14-7-10(2)18-4/h6,9-10,13-14H,5,7-8H2,1-4H3. The molecule has 0 saturated carbocycles. The fraction of sp³-hybridized carbons (Fsp3) is 0.667. The molecule has 1 atom stereocenters. The molecule has 1 aromatic heterocycles. The van der Waals surface area contributed by atoms with E-state index < -0.39 is 10.0 Å². The Labute approximate surface area is 115 Å². The zero-order valence-corrected chi connectivity index (χ0v) is 12.8. The van der Waals surface area contributed by atoms with E-state index in [0.717, 1.165) is 12.2 Å². The average Bonchev–Trinajstić information content (AvgIpc) is 2.80. The van der Waals surface area contributed by atoms with Crippen molar-refractivity contribution in [2.45, 2.75) is 37.9 Å². The van der Waals surface area contributed by atoms with Gasteiger partial charge < -0.3 is 14.6 Å². The van der Waals surface area contributed by atoms with E-state index in [1.54, 1.807) is 19.4 Å². The molecule has 0 fully saturated rings. The topological polar surface area (TPSA) is 72.4 Å². The van der Waals surface area contributed by atoms with Gasteiger partial charge in [0.15, 0.2) is 0 Å². The van der Waals surface area contributed by atoms with Crippen molar-refractivity contribution < 1.29 is 13.2 Å². The van der Waals surface area contributed by atoms with Crippen molar-refractivity contribution in [3.05, 3.63) is 18.0 Å². The highest BCUT2D eigenvalue weighted by molar-refractivity contribution is 7.89. The summed E-state index contributed by atoms with van der Waals surface area (Å²) in [5.41, 5.74) is 0.949. The first-order valence-electron chi connectivity index (χ1n) is 6.30. The number of nitrogens with zero attached hydrogens (tertiary/aromatic N) is 1. The molecule has 0 saturated heterocycles. The van der Waals surface area contributed by atoms with Gasteiger partial charge in [0.05, 0.1) is 11.0 Å². The monoisotopic (exact) mass is 289 g/mol. The van der Waals surface area contributed by atoms with Gasteiger partial charge in [0.1, 0.15) is 0 Å². The predicted octanol–water partition coefficient (Wildman–Crippen LogP) is 0.541. The lowest BCUT2D eigenvalue weighted by atomic mass is 10.4. The van der Waals surface area contributed by atoms with Gasteiger partial charge in [0.25, 0.3) is 0 Å². The summed E-state index contributed by atoms with van der Waals surface area (Å²) in [6.45, 7) is 5.43. The highest BCUT2D eigenvalue weighted by Crippen LogP contribution is 2.14. The molecule has 0 aliphatic carbocycles. The molecule has 0 aliphatic rings. The Bertz CT molecular complexity index is 496. The summed E-state index contributed by atoms with van der Waals surface area (Å²) in [6, 6.07) is 1.69. The minimum atomic E-state index is -3.47. The van der Waals surface area contributed by atoms with E-state index in [1.165, 1.54) is 0 Å². The third kappa shape index (κ3) is 4.31. The first kappa shape index (κ1) is 16.2. The molecule has 0 amide bonds. The molecule has 2 N–H and O–H groups in total. The molecule has 0 bridgehead atoms. The van der Waals surface area contributed by atoms with Crippen LogP contribution in [-0.2, 0) is 27.8 Å². The van der Waals surface area contributed by atoms with E-state index >= 15 is 0 Å². The zero-order valence-electron chi connectivity index (χ0n) is 11.9. The minimum Gasteiger partial charge on any atom is -0.380 e. The fourth-order valence-electron chi connectivity index (χ4n) is 1.69. The van der Waals surface area contributed by atoms with Crippen LogP contribution in [0.2, 0.25) is 0 Å². The lowest BCUT2D eigenvalue weighted by Gasteiger charge is -2.10. The molecule has 7 heteroatoms. The van der Waals surface area contributed by atoms with E-state index in [-0.39, 0.29) is 12.6 Å². The molecular weight excluding hydrogens is 266 g/mol. The number of aryl methyl sites for hydroxylation is 1. The highest BCUT2D eigenvalue weighted by atomic mass is 32.2. The van der Waals surface area contributed by atoms with Crippen LogP contribution in [0.25, 0.3) is 0 Å². The summed E-state index contributed by atoms with van der Waals surface area (Å²) in [5, 5.41) is 3.03. The number of sulfonamides is 1. The van der Waals surface area contributed by atoms with Gasteiger partial charge >= 0.3 is 0 Å². The molecule has 0 aliphatic heterocycles. The van der Waals surface area contributed by atoms with Gasteiger partial charge in [0.2, 0.25) is 10.0 Å². The van der Waals surface area contributed by atoms with Crippen LogP contribution < -0.4 is 10.0 Å². The first-order valence-corrected chi connectivity index (χ1v) is 7.79. The van der Waals surface area contributed by atoms with E-state index in [1.807, 2.05) is 25.5 Å². The first-order chi connectivity index (χ1) is 8.94. The maximum Gasteiger partial charge on any atom is 0.242 e. The largest absolute Gasteiger partial charge is 0.380 e. The second-order valence-corrected chi connectivity index (χ2v) is 6.15. The Morgan fingerprint density at radius 1 is 1.47 bits per heavy atom. The van der Waals surface area contributed by atoms with Crippen molar-refractivity contribution in [3.63, 3.8) is 0 Å². The summed E-state index contributed by atoms with van der Waals surface area (Å²) in [5.74, 6) is 0. The molecule has 110 valence electrons. The third-order valence-corrected chi connectivity index (χ3v) is 4.32. The smallest absolute Gasteiger partial charge is 0.242 e. The van der Waals surface area contributed by atoms with Crippen LogP contribution in [-0.4, -0.2) is 39.8 Å². The molecule has 19 heavy (non-hydrogen) atoms. The average molecular weight is 289 g/mol. The molecule has 0 radical (unpaired) electrons. The normalized spacial score (nSPS) is 13.7. The lowest BCUT2D eigenvalue weighted by Crippen LogP contribution is -2.31. The van der Waals surface area contributed by atoms with Crippen LogP contribution >= 0.6 is 0 Å². The van der Waals surface area contributed by atoms with E-state index in [4.69, 9.17) is 4.74 Å². The number of methoxy groups -OCH3 is 1. The van der Waals surface area contributed by atoms with Gasteiger partial charge in [0, 0.05) is 38.6 Å². The van der Waals surface area contributed by atoms with Crippen LogP contribution in [0.1, 0.15) is 19.5 Å². The van der Waals surface area contributed by atoms with Crippen LogP contribution in [0.3, 0.4) is 0 Å². The Hall–Kier alpha value is -0.890. The van der Waals surface area contributed by atoms with Crippen LogP contribution in [0.15, 0.2) is 17.2 Å². The fourth-order valence-corrected chi connectivity index (χ4v) is 2.87. The van der Waals surface area contributed by atoms with Gasteiger partial charge in [-0.25, -0.2) is 13.1 Å². The summed E-state index contributed by atoms with van der Waals surface area (Å²) in [6.07, 6.45) is 1.51. The SMILES string of the molecule is CCn1cc(S(=O)(=O)NCC(C)OC)cc1CNC. The van der Waals surface area contributed by atoms with Crippen molar-refractivity contribution >= 4 is 10.0 Å². The molecular formula is C12H23N3O3S. The quantitative estimate of drug-likeness (QED) is 0.733. The minimum absolute atomic E-state index is 0.153. The highest BCUT2D eigenvalue weighted by Gasteiger charge is 2.18. The molecule has 6 nitrogen and oxygen atoms in total. The molecule has 1 heterocycles. The number of nitrogens with one attached hydrogen (secondary N) is 2. The van der Waals surface area contributed by atoms with Crippen molar-refractivity contribution in [1.82, 2.24) is 14.6 Å². The summed E-state index contributed by atoms with van der Waals surface area (Å²) < 4.78 is 33.8. The molecule has 1 unspecified atom stereocenters. The number of hydrogen-bond donors (Lipinski definition) is 2. The lowest BCUT2D eigenvalue weighted by molar-refractivity contribution is 0.122. The summed E-state index contributed by atoms with van der Waals surface area (Å²) >= 11 is 0. The Kier molecular flexibility index (Phi) is 5.99. The number of aromatic nitrogens is 1. The maximum atomic E-state index is 12.1. The Morgan fingerprint density at radius 2 is 2.16 bits per heavy atom. The van der Waals surface area contributed by atoms with Gasteiger partial charge in [-0.1, -0.05) is 0 Å². The van der Waals surface area contributed by atoms with Crippen LogP contribution in [0.4, 0.5) is 0 Å². The molecule has 0 aromatic carbocycles. The van der Waals surface area contributed by atoms with E-state index in [2.05, 4.69) is 10.0 Å².